The summed E-state index contributed by atoms with van der Waals surface area (Å²) in [6, 6.07) is 1.73. The van der Waals surface area contributed by atoms with E-state index in [1.54, 1.807) is 334 Å². The van der Waals surface area contributed by atoms with Gasteiger partial charge in [0, 0.05) is 12.1 Å². The first-order valence-electron chi connectivity index (χ1n) is 44.4. The molecule has 1 N–H and O–H groups in total. The molecule has 1 aliphatic heterocycles. The highest BCUT2D eigenvalue weighted by Gasteiger charge is 2.77. The molecule has 90 heavy (non-hydrogen) atoms. The van der Waals surface area contributed by atoms with Crippen molar-refractivity contribution in [3.8, 4) is 0 Å². The molecule has 24 fully saturated rings. The molecule has 1 heteroatoms. The summed E-state index contributed by atoms with van der Waals surface area (Å²) in [7, 11) is 0. The lowest BCUT2D eigenvalue weighted by molar-refractivity contribution is -0.177. The maximum absolute atomic E-state index is 5.08. The Morgan fingerprint density at radius 1 is 0.167 bits per heavy atom. The third kappa shape index (κ3) is 7.91. The molecule has 1 nitrogen and oxygen atoms in total. The molecule has 0 aromatic heterocycles. The van der Waals surface area contributed by atoms with Crippen LogP contribution in [0.1, 0.15) is 340 Å². The molecular weight excluding hydrogens is 1080 g/mol. The van der Waals surface area contributed by atoms with Gasteiger partial charge in [-0.1, -0.05) is 135 Å². The second-order valence-corrected chi connectivity index (χ2v) is 41.3. The summed E-state index contributed by atoms with van der Waals surface area (Å²) in [5.74, 6) is 32.5. The predicted octanol–water partition coefficient (Wildman–Crippen LogP) is 23.7. The molecule has 0 aromatic carbocycles. The third-order valence-corrected chi connectivity index (χ3v) is 40.9. The van der Waals surface area contributed by atoms with Crippen LogP contribution < -0.4 is 5.32 Å². The molecule has 1 heterocycles. The zero-order valence-electron chi connectivity index (χ0n) is 58.5. The molecule has 0 aromatic rings. The maximum atomic E-state index is 5.08. The highest BCUT2D eigenvalue weighted by Crippen LogP contribution is 2.83. The summed E-state index contributed by atoms with van der Waals surface area (Å²) < 4.78 is 0. The Morgan fingerprint density at radius 3 is 0.856 bits per heavy atom. The van der Waals surface area contributed by atoms with Gasteiger partial charge in [-0.2, -0.15) is 0 Å². The third-order valence-electron chi connectivity index (χ3n) is 40.9. The molecule has 1 saturated heterocycles. The lowest BCUT2D eigenvalue weighted by Crippen LogP contribution is -2.62. The van der Waals surface area contributed by atoms with E-state index in [1.165, 1.54) is 6.42 Å². The van der Waals surface area contributed by atoms with Crippen molar-refractivity contribution in [2.24, 2.45) is 199 Å². The van der Waals surface area contributed by atoms with Crippen molar-refractivity contribution in [1.82, 2.24) is 5.32 Å². The summed E-state index contributed by atoms with van der Waals surface area (Å²) in [5, 5.41) is 5.08. The van der Waals surface area contributed by atoms with Crippen molar-refractivity contribution in [2.45, 2.75) is 352 Å². The van der Waals surface area contributed by atoms with Gasteiger partial charge in [-0.3, -0.25) is 0 Å². The van der Waals surface area contributed by atoms with Crippen LogP contribution in [0.5, 0.6) is 0 Å². The van der Waals surface area contributed by atoms with Crippen LogP contribution in [0.4, 0.5) is 0 Å². The van der Waals surface area contributed by atoms with E-state index in [9.17, 15) is 0 Å². The van der Waals surface area contributed by atoms with E-state index in [0.717, 1.165) is 190 Å². The number of hydrogen-bond acceptors (Lipinski definition) is 1. The molecule has 24 rings (SSSR count). The molecule has 0 amide bonds. The van der Waals surface area contributed by atoms with Gasteiger partial charge in [0.2, 0.25) is 0 Å². The van der Waals surface area contributed by atoms with Gasteiger partial charge < -0.3 is 5.32 Å². The minimum Gasteiger partial charge on any atom is -0.310 e. The fourth-order valence-corrected chi connectivity index (χ4v) is 40.3. The molecule has 500 valence electrons. The first kappa shape index (κ1) is 58.9. The highest BCUT2D eigenvalue weighted by molar-refractivity contribution is 5.26. The van der Waals surface area contributed by atoms with Gasteiger partial charge in [-0.05, 0) is 405 Å². The summed E-state index contributed by atoms with van der Waals surface area (Å²) in [6.07, 6.45) is 87.8. The van der Waals surface area contributed by atoms with Gasteiger partial charge in [0.1, 0.15) is 0 Å². The largest absolute Gasteiger partial charge is 0.310 e. The summed E-state index contributed by atoms with van der Waals surface area (Å²) in [6.45, 7) is 0. The molecule has 8 bridgehead atoms. The summed E-state index contributed by atoms with van der Waals surface area (Å²) in [5.41, 5.74) is 2.63. The maximum Gasteiger partial charge on any atom is 0.0135 e. The molecule has 0 radical (unpaired) electrons. The van der Waals surface area contributed by atoms with Gasteiger partial charge in [0.25, 0.3) is 0 Å². The lowest BCUT2D eigenvalue weighted by Gasteiger charge is -2.66. The SMILES string of the molecule is C1CCC2C(C1)CC1C2CC2CC1C1(C3CCC(CC3)C3(C4CC5C6CCCCC6NC5C(C4)C4(C5CCC(CC5)C25C2CCCCC2C2CCCCC25)C2CCCCC2C2CCCCC24)C2CCCCC2C2CCCCC23)C2CCCCC2C2CCCCC21. The van der Waals surface area contributed by atoms with Crippen LogP contribution in [0.2, 0.25) is 0 Å². The summed E-state index contributed by atoms with van der Waals surface area (Å²) >= 11 is 0. The molecular formula is C89H139N. The Bertz CT molecular complexity index is 2310. The molecule has 24 aliphatic rings. The smallest absolute Gasteiger partial charge is 0.0135 e. The predicted molar refractivity (Wildman–Crippen MR) is 370 cm³/mol. The van der Waals surface area contributed by atoms with Crippen molar-refractivity contribution in [2.75, 3.05) is 0 Å². The zero-order chi connectivity index (χ0) is 58.7. The van der Waals surface area contributed by atoms with Crippen LogP contribution >= 0.6 is 0 Å². The Morgan fingerprint density at radius 2 is 0.456 bits per heavy atom. The number of rotatable bonds is 0. The second kappa shape index (κ2) is 22.7. The topological polar surface area (TPSA) is 12.0 Å². The first-order chi connectivity index (χ1) is 44.6. The monoisotopic (exact) mass is 1220 g/mol. The van der Waals surface area contributed by atoms with Crippen LogP contribution in [-0.4, -0.2) is 12.1 Å². The van der Waals surface area contributed by atoms with Gasteiger partial charge >= 0.3 is 0 Å². The van der Waals surface area contributed by atoms with E-state index in [0.29, 0.717) is 21.7 Å². The van der Waals surface area contributed by atoms with Gasteiger partial charge in [0.15, 0.2) is 0 Å². The second-order valence-electron chi connectivity index (χ2n) is 41.3. The van der Waals surface area contributed by atoms with Crippen LogP contribution in [0.15, 0.2) is 0 Å². The van der Waals surface area contributed by atoms with E-state index in [4.69, 9.17) is 5.32 Å². The molecule has 4 spiro atoms. The Labute approximate surface area is 553 Å². The van der Waals surface area contributed by atoms with Crippen LogP contribution in [0.3, 0.4) is 0 Å². The average Bonchev–Trinajstić information content (AvgIpc) is 1.45. The van der Waals surface area contributed by atoms with E-state index >= 15 is 0 Å². The van der Waals surface area contributed by atoms with Crippen LogP contribution in [0.25, 0.3) is 0 Å². The van der Waals surface area contributed by atoms with Crippen molar-refractivity contribution < 1.29 is 0 Å². The van der Waals surface area contributed by atoms with Crippen LogP contribution in [-0.2, 0) is 0 Å². The van der Waals surface area contributed by atoms with Gasteiger partial charge in [-0.25, -0.2) is 0 Å². The molecule has 23 aliphatic carbocycles. The average molecular weight is 1220 g/mol. The number of hydrogen-bond donors (Lipinski definition) is 1. The normalized spacial score (nSPS) is 61.3. The Kier molecular flexibility index (Phi) is 14.9. The summed E-state index contributed by atoms with van der Waals surface area (Å²) in [4.78, 5) is 0. The van der Waals surface area contributed by atoms with Crippen LogP contribution in [0, 0.1) is 199 Å². The molecule has 28 atom stereocenters. The minimum atomic E-state index is 0.624. The van der Waals surface area contributed by atoms with E-state index < -0.39 is 0 Å². The van der Waals surface area contributed by atoms with Crippen molar-refractivity contribution >= 4 is 0 Å². The minimum absolute atomic E-state index is 0.624. The van der Waals surface area contributed by atoms with Gasteiger partial charge in [0.05, 0.1) is 0 Å². The van der Waals surface area contributed by atoms with Crippen molar-refractivity contribution in [3.63, 3.8) is 0 Å². The van der Waals surface area contributed by atoms with E-state index in [1.807, 2.05) is 0 Å². The Balaban J connectivity index is 0.795. The van der Waals surface area contributed by atoms with Gasteiger partial charge in [-0.15, -0.1) is 0 Å². The highest BCUT2D eigenvalue weighted by atomic mass is 15.0. The number of nitrogens with one attached hydrogen (secondary N) is 1. The standard InChI is InChI=1S/C89H139N/c1-2-22-61-54(21-1)49-72-71(61)50-59-52-82(72)88(78-36-16-7-27-66(78)67-28-8-17-37-79(67)88)57-45-41-56(42-46-57)87(76-34-14-5-25-64(76)65-26-6-15-35-77(65)87)60-51-73-70-31-11-20-40-84(70)90-85(73)83(53-60)89(80-38-18-9-29-68(80)69-30-10-19-39-81(69)89)58-47-43-55(44-48-58)86(59)74-32-12-3-23-62(74)63-24-4-13-33-75(63)86/h54-85,90H,1-53H2. The molecule has 23 saturated carbocycles. The molecule has 28 unspecified atom stereocenters. The fraction of sp³-hybridized carbons (Fsp3) is 1.00. The van der Waals surface area contributed by atoms with E-state index in [-0.39, 0.29) is 0 Å². The first-order valence-corrected chi connectivity index (χ1v) is 44.4. The zero-order valence-corrected chi connectivity index (χ0v) is 58.5. The van der Waals surface area contributed by atoms with Crippen molar-refractivity contribution in [3.05, 3.63) is 0 Å². The fourth-order valence-electron chi connectivity index (χ4n) is 40.3. The van der Waals surface area contributed by atoms with Crippen molar-refractivity contribution in [1.29, 1.82) is 0 Å². The number of fused-ring (bicyclic) bond motifs is 18. The Hall–Kier alpha value is -0.0400. The quantitative estimate of drug-likeness (QED) is 0.255. The van der Waals surface area contributed by atoms with E-state index in [2.05, 4.69) is 0 Å². The lowest BCUT2D eigenvalue weighted by atomic mass is 9.38.